The van der Waals surface area contributed by atoms with Crippen LogP contribution in [0, 0.1) is 0 Å². The zero-order valence-electron chi connectivity index (χ0n) is 21.7. The van der Waals surface area contributed by atoms with Gasteiger partial charge in [-0.15, -0.1) is 0 Å². The largest absolute Gasteiger partial charge is 0.490 e. The van der Waals surface area contributed by atoms with Gasteiger partial charge in [-0.1, -0.05) is 24.3 Å². The van der Waals surface area contributed by atoms with Crippen molar-refractivity contribution in [3.05, 3.63) is 66.0 Å². The molecule has 1 aromatic carbocycles. The van der Waals surface area contributed by atoms with E-state index < -0.39 is 24.3 Å². The second-order valence-electron chi connectivity index (χ2n) is 9.22. The molecule has 2 aliphatic heterocycles. The molecular formula is C26H29F6N3O6. The molecule has 1 aromatic heterocycles. The number of benzene rings is 1. The summed E-state index contributed by atoms with van der Waals surface area (Å²) < 4.78 is 69.8. The third kappa shape index (κ3) is 11.4. The molecule has 2 saturated heterocycles. The van der Waals surface area contributed by atoms with E-state index in [1.165, 1.54) is 5.56 Å². The minimum Gasteiger partial charge on any atom is -0.475 e. The zero-order valence-corrected chi connectivity index (χ0v) is 21.7. The number of carbonyl (C=O) groups is 3. The van der Waals surface area contributed by atoms with Gasteiger partial charge in [0.2, 0.25) is 0 Å². The highest BCUT2D eigenvalue weighted by Crippen LogP contribution is 2.31. The number of morpholine rings is 1. The Morgan fingerprint density at radius 1 is 0.878 bits per heavy atom. The number of ether oxygens (including phenoxy) is 1. The molecule has 2 N–H and O–H groups in total. The minimum atomic E-state index is -5.08. The zero-order chi connectivity index (χ0) is 30.7. The van der Waals surface area contributed by atoms with Gasteiger partial charge in [0.05, 0.1) is 12.2 Å². The Morgan fingerprint density at radius 2 is 1.49 bits per heavy atom. The van der Waals surface area contributed by atoms with Crippen LogP contribution >= 0.6 is 0 Å². The van der Waals surface area contributed by atoms with Crippen molar-refractivity contribution in [3.8, 4) is 0 Å². The molecule has 9 nitrogen and oxygen atoms in total. The lowest BCUT2D eigenvalue weighted by Crippen LogP contribution is -2.52. The first-order valence-corrected chi connectivity index (χ1v) is 12.3. The number of hydrogen-bond acceptors (Lipinski definition) is 6. The van der Waals surface area contributed by atoms with Crippen LogP contribution in [-0.4, -0.2) is 93.6 Å². The van der Waals surface area contributed by atoms with Gasteiger partial charge in [-0.3, -0.25) is 14.7 Å². The van der Waals surface area contributed by atoms with Crippen LogP contribution in [-0.2, 0) is 20.9 Å². The molecule has 3 heterocycles. The lowest BCUT2D eigenvalue weighted by atomic mass is 9.92. The van der Waals surface area contributed by atoms with Crippen LogP contribution in [0.5, 0.6) is 0 Å². The van der Waals surface area contributed by atoms with Crippen LogP contribution in [0.2, 0.25) is 0 Å². The average Bonchev–Trinajstić information content (AvgIpc) is 3.11. The summed E-state index contributed by atoms with van der Waals surface area (Å²) in [7, 11) is 0. The summed E-state index contributed by atoms with van der Waals surface area (Å²) in [5.41, 5.74) is 1.88. The Hall–Kier alpha value is -3.72. The fraction of sp³-hybridized carbons (Fsp3) is 0.462. The van der Waals surface area contributed by atoms with Crippen molar-refractivity contribution in [1.82, 2.24) is 14.8 Å². The Kier molecular flexibility index (Phi) is 12.1. The third-order valence-corrected chi connectivity index (χ3v) is 6.15. The molecule has 0 aliphatic carbocycles. The van der Waals surface area contributed by atoms with E-state index in [4.69, 9.17) is 24.5 Å². The van der Waals surface area contributed by atoms with Crippen LogP contribution in [0.25, 0.3) is 0 Å². The van der Waals surface area contributed by atoms with E-state index in [2.05, 4.69) is 16.0 Å². The second kappa shape index (κ2) is 14.8. The van der Waals surface area contributed by atoms with E-state index in [0.717, 1.165) is 64.2 Å². The maximum atomic E-state index is 12.8. The van der Waals surface area contributed by atoms with Crippen molar-refractivity contribution in [3.63, 3.8) is 0 Å². The van der Waals surface area contributed by atoms with E-state index in [0.29, 0.717) is 0 Å². The van der Waals surface area contributed by atoms with Gasteiger partial charge < -0.3 is 19.8 Å². The fourth-order valence-electron chi connectivity index (χ4n) is 4.24. The van der Waals surface area contributed by atoms with Gasteiger partial charge in [-0.05, 0) is 43.0 Å². The highest BCUT2D eigenvalue weighted by atomic mass is 19.4. The van der Waals surface area contributed by atoms with E-state index in [9.17, 15) is 31.1 Å². The molecule has 2 aromatic rings. The van der Waals surface area contributed by atoms with Crippen LogP contribution in [0.1, 0.15) is 35.2 Å². The van der Waals surface area contributed by atoms with E-state index in [-0.39, 0.29) is 11.5 Å². The van der Waals surface area contributed by atoms with Crippen LogP contribution in [0.4, 0.5) is 26.3 Å². The van der Waals surface area contributed by atoms with Crippen molar-refractivity contribution >= 4 is 17.8 Å². The number of likely N-dealkylation sites (tertiary alicyclic amines) is 1. The number of rotatable bonds is 3. The fourth-order valence-corrected chi connectivity index (χ4v) is 4.24. The quantitative estimate of drug-likeness (QED) is 0.508. The molecule has 15 heteroatoms. The smallest absolute Gasteiger partial charge is 0.475 e. The number of carboxylic acids is 2. The Labute approximate surface area is 231 Å². The van der Waals surface area contributed by atoms with Gasteiger partial charge in [0, 0.05) is 50.7 Å². The first-order chi connectivity index (χ1) is 19.1. The molecule has 0 bridgehead atoms. The molecule has 226 valence electrons. The third-order valence-electron chi connectivity index (χ3n) is 6.15. The predicted molar refractivity (Wildman–Crippen MR) is 132 cm³/mol. The van der Waals surface area contributed by atoms with Crippen molar-refractivity contribution in [2.24, 2.45) is 0 Å². The number of nitrogens with zero attached hydrogens (tertiary/aromatic N) is 3. The molecule has 1 amide bonds. The lowest BCUT2D eigenvalue weighted by Gasteiger charge is -2.42. The highest BCUT2D eigenvalue weighted by molar-refractivity contribution is 5.94. The minimum absolute atomic E-state index is 0.133. The number of carbonyl (C=O) groups excluding carboxylic acids is 1. The van der Waals surface area contributed by atoms with E-state index in [1.54, 1.807) is 0 Å². The number of pyridine rings is 1. The molecule has 1 atom stereocenters. The molecule has 41 heavy (non-hydrogen) atoms. The summed E-state index contributed by atoms with van der Waals surface area (Å²) in [4.78, 5) is 39.3. The van der Waals surface area contributed by atoms with Gasteiger partial charge in [-0.2, -0.15) is 26.3 Å². The number of alkyl halides is 6. The standard InChI is InChI=1S/C22H27N3O2.2C2HF3O2/c26-21(20-7-2-1-3-8-20)25-12-5-9-22(10-13-25)18-24(14-15-27-22)17-19-6-4-11-23-16-19;2*3-2(4,5)1(6)7/h1-4,6-8,11,16H,5,9-10,12-15,17-18H2;2*(H,6,7). The number of amides is 1. The highest BCUT2D eigenvalue weighted by Gasteiger charge is 2.40. The maximum Gasteiger partial charge on any atom is 0.490 e. The normalized spacial score (nSPS) is 19.6. The molecular weight excluding hydrogens is 564 g/mol. The van der Waals surface area contributed by atoms with Gasteiger partial charge in [0.25, 0.3) is 5.91 Å². The first kappa shape index (κ1) is 33.5. The molecule has 1 unspecified atom stereocenters. The van der Waals surface area contributed by atoms with Crippen LogP contribution in [0.15, 0.2) is 54.9 Å². The number of aliphatic carboxylic acids is 2. The number of aromatic nitrogens is 1. The second-order valence-corrected chi connectivity index (χ2v) is 9.22. The van der Waals surface area contributed by atoms with Crippen molar-refractivity contribution in [1.29, 1.82) is 0 Å². The van der Waals surface area contributed by atoms with Gasteiger partial charge in [0.15, 0.2) is 0 Å². The van der Waals surface area contributed by atoms with Gasteiger partial charge in [-0.25, -0.2) is 9.59 Å². The molecule has 1 spiro atoms. The summed E-state index contributed by atoms with van der Waals surface area (Å²) in [6.07, 6.45) is -3.52. The predicted octanol–water partition coefficient (Wildman–Crippen LogP) is 4.25. The topological polar surface area (TPSA) is 120 Å². The number of halogens is 6. The summed E-state index contributed by atoms with van der Waals surface area (Å²) in [5.74, 6) is -5.38. The Bertz CT molecular complexity index is 1110. The van der Waals surface area contributed by atoms with Crippen LogP contribution in [0.3, 0.4) is 0 Å². The Morgan fingerprint density at radius 3 is 2.02 bits per heavy atom. The van der Waals surface area contributed by atoms with Crippen molar-refractivity contribution in [2.75, 3.05) is 32.8 Å². The lowest BCUT2D eigenvalue weighted by molar-refractivity contribution is -0.193. The Balaban J connectivity index is 0.000000349. The van der Waals surface area contributed by atoms with Gasteiger partial charge >= 0.3 is 24.3 Å². The van der Waals surface area contributed by atoms with Crippen LogP contribution < -0.4 is 0 Å². The van der Waals surface area contributed by atoms with Crippen molar-refractivity contribution < 1.29 is 55.7 Å². The first-order valence-electron chi connectivity index (χ1n) is 12.3. The number of carboxylic acid groups (broad SMARTS) is 2. The summed E-state index contributed by atoms with van der Waals surface area (Å²) in [6.45, 7) is 5.10. The molecule has 0 radical (unpaired) electrons. The number of hydrogen-bond donors (Lipinski definition) is 2. The monoisotopic (exact) mass is 593 g/mol. The van der Waals surface area contributed by atoms with E-state index in [1.807, 2.05) is 53.7 Å². The van der Waals surface area contributed by atoms with Gasteiger partial charge in [0.1, 0.15) is 0 Å². The molecule has 4 rings (SSSR count). The molecule has 2 fully saturated rings. The molecule has 0 saturated carbocycles. The average molecular weight is 594 g/mol. The maximum absolute atomic E-state index is 12.8. The summed E-state index contributed by atoms with van der Waals surface area (Å²) in [5, 5.41) is 14.2. The molecule has 2 aliphatic rings. The van der Waals surface area contributed by atoms with Crippen molar-refractivity contribution in [2.45, 2.75) is 43.8 Å². The summed E-state index contributed by atoms with van der Waals surface area (Å²) >= 11 is 0. The van der Waals surface area contributed by atoms with E-state index >= 15 is 0 Å². The summed E-state index contributed by atoms with van der Waals surface area (Å²) in [6, 6.07) is 13.7. The SMILES string of the molecule is O=C(O)C(F)(F)F.O=C(O)C(F)(F)F.O=C(c1ccccc1)N1CCCC2(CC1)CN(Cc1cccnc1)CCO2.